The number of hydrogen-bond acceptors (Lipinski definition) is 3. The highest BCUT2D eigenvalue weighted by Crippen LogP contribution is 2.26. The molecule has 5 heteroatoms. The number of amides is 2. The van der Waals surface area contributed by atoms with E-state index in [9.17, 15) is 4.79 Å². The minimum Gasteiger partial charge on any atom is -0.491 e. The van der Waals surface area contributed by atoms with E-state index in [0.29, 0.717) is 12.6 Å². The fourth-order valence-electron chi connectivity index (χ4n) is 4.36. The molecule has 154 valence electrons. The Morgan fingerprint density at radius 3 is 2.55 bits per heavy atom. The van der Waals surface area contributed by atoms with Gasteiger partial charge in [0, 0.05) is 25.6 Å². The quantitative estimate of drug-likeness (QED) is 0.791. The van der Waals surface area contributed by atoms with Gasteiger partial charge in [-0.2, -0.15) is 0 Å². The Morgan fingerprint density at radius 2 is 1.72 bits per heavy atom. The zero-order valence-electron chi connectivity index (χ0n) is 17.1. The molecule has 2 aromatic carbocycles. The van der Waals surface area contributed by atoms with Crippen LogP contribution in [0.15, 0.2) is 54.6 Å². The molecular weight excluding hydrogens is 362 g/mol. The number of urea groups is 1. The van der Waals surface area contributed by atoms with Crippen molar-refractivity contribution in [1.29, 1.82) is 0 Å². The van der Waals surface area contributed by atoms with Crippen LogP contribution >= 0.6 is 0 Å². The fraction of sp³-hybridized carbons (Fsp3) is 0.458. The molecule has 1 atom stereocenters. The molecule has 4 rings (SSSR count). The number of anilines is 1. The Balaban J connectivity index is 1.33. The molecule has 0 spiro atoms. The molecule has 5 nitrogen and oxygen atoms in total. The molecule has 0 radical (unpaired) electrons. The van der Waals surface area contributed by atoms with E-state index >= 15 is 0 Å². The maximum atomic E-state index is 12.9. The number of hydrogen-bond donors (Lipinski definition) is 1. The van der Waals surface area contributed by atoms with Gasteiger partial charge < -0.3 is 15.0 Å². The van der Waals surface area contributed by atoms with Gasteiger partial charge in [-0.1, -0.05) is 42.5 Å². The van der Waals surface area contributed by atoms with Gasteiger partial charge in [0.15, 0.2) is 0 Å². The number of carbonyl (C=O) groups is 1. The van der Waals surface area contributed by atoms with E-state index in [2.05, 4.69) is 22.3 Å². The van der Waals surface area contributed by atoms with Crippen molar-refractivity contribution in [2.75, 3.05) is 38.1 Å². The first-order valence-corrected chi connectivity index (χ1v) is 10.9. The highest BCUT2D eigenvalue weighted by molar-refractivity contribution is 5.91. The molecule has 29 heavy (non-hydrogen) atoms. The van der Waals surface area contributed by atoms with Crippen molar-refractivity contribution in [2.45, 2.75) is 38.1 Å². The van der Waals surface area contributed by atoms with Crippen LogP contribution in [-0.2, 0) is 6.42 Å². The Labute approximate surface area is 173 Å². The lowest BCUT2D eigenvalue weighted by Gasteiger charge is -2.37. The van der Waals surface area contributed by atoms with Crippen molar-refractivity contribution in [2.24, 2.45) is 0 Å². The van der Waals surface area contributed by atoms with Gasteiger partial charge in [0.25, 0.3) is 0 Å². The summed E-state index contributed by atoms with van der Waals surface area (Å²) < 4.78 is 5.99. The topological polar surface area (TPSA) is 44.8 Å². The second kappa shape index (κ2) is 9.79. The average molecular weight is 394 g/mol. The van der Waals surface area contributed by atoms with Crippen molar-refractivity contribution < 1.29 is 9.53 Å². The second-order valence-corrected chi connectivity index (χ2v) is 8.00. The highest BCUT2D eigenvalue weighted by Gasteiger charge is 2.29. The van der Waals surface area contributed by atoms with Crippen molar-refractivity contribution in [3.05, 3.63) is 60.2 Å². The van der Waals surface area contributed by atoms with Crippen LogP contribution in [-0.4, -0.2) is 54.7 Å². The van der Waals surface area contributed by atoms with Crippen LogP contribution in [0.5, 0.6) is 5.75 Å². The normalized spacial score (nSPS) is 19.9. The summed E-state index contributed by atoms with van der Waals surface area (Å²) in [5, 5.41) is 3.08. The first-order chi connectivity index (χ1) is 14.3. The third-order valence-corrected chi connectivity index (χ3v) is 5.96. The average Bonchev–Trinajstić information content (AvgIpc) is 3.31. The molecular formula is C24H31N3O2. The van der Waals surface area contributed by atoms with Gasteiger partial charge in [-0.05, 0) is 56.5 Å². The molecule has 2 aliphatic heterocycles. The van der Waals surface area contributed by atoms with Gasteiger partial charge in [-0.3, -0.25) is 4.90 Å². The summed E-state index contributed by atoms with van der Waals surface area (Å²) in [7, 11) is 0. The SMILES string of the molecule is O=C(Nc1ccccc1OCCc1ccccc1)N1CCC[C@H](N2CCCC2)C1. The standard InChI is InChI=1S/C24H31N3O2/c28-24(27-17-8-11-21(19-27)26-15-6-7-16-26)25-22-12-4-5-13-23(22)29-18-14-20-9-2-1-3-10-20/h1-5,9-10,12-13,21H,6-8,11,14-19H2,(H,25,28)/t21-/m0/s1. The Kier molecular flexibility index (Phi) is 6.67. The van der Waals surface area contributed by atoms with Crippen molar-refractivity contribution in [3.63, 3.8) is 0 Å². The maximum absolute atomic E-state index is 12.9. The van der Waals surface area contributed by atoms with Crippen LogP contribution in [0.25, 0.3) is 0 Å². The van der Waals surface area contributed by atoms with E-state index in [0.717, 1.165) is 37.4 Å². The number of nitrogens with zero attached hydrogens (tertiary/aromatic N) is 2. The summed E-state index contributed by atoms with van der Waals surface area (Å²) >= 11 is 0. The highest BCUT2D eigenvalue weighted by atomic mass is 16.5. The first-order valence-electron chi connectivity index (χ1n) is 10.9. The number of nitrogens with one attached hydrogen (secondary N) is 1. The summed E-state index contributed by atoms with van der Waals surface area (Å²) in [5.74, 6) is 0.727. The number of piperidine rings is 1. The van der Waals surface area contributed by atoms with E-state index in [1.165, 1.54) is 37.9 Å². The number of ether oxygens (including phenoxy) is 1. The van der Waals surface area contributed by atoms with Gasteiger partial charge in [0.1, 0.15) is 5.75 Å². The predicted octanol–water partition coefficient (Wildman–Crippen LogP) is 4.40. The molecule has 2 heterocycles. The van der Waals surface area contributed by atoms with Crippen LogP contribution in [0.4, 0.5) is 10.5 Å². The molecule has 1 N–H and O–H groups in total. The van der Waals surface area contributed by atoms with Gasteiger partial charge in [-0.25, -0.2) is 4.79 Å². The molecule has 0 aromatic heterocycles. The molecule has 0 saturated carbocycles. The number of carbonyl (C=O) groups excluding carboxylic acids is 1. The Morgan fingerprint density at radius 1 is 0.966 bits per heavy atom. The lowest BCUT2D eigenvalue weighted by Crippen LogP contribution is -2.50. The lowest BCUT2D eigenvalue weighted by atomic mass is 10.0. The minimum atomic E-state index is -0.0204. The monoisotopic (exact) mass is 393 g/mol. The smallest absolute Gasteiger partial charge is 0.322 e. The van der Waals surface area contributed by atoms with Gasteiger partial charge in [0.2, 0.25) is 0 Å². The van der Waals surface area contributed by atoms with Crippen LogP contribution in [0.3, 0.4) is 0 Å². The number of para-hydroxylation sites is 2. The van der Waals surface area contributed by atoms with Crippen LogP contribution < -0.4 is 10.1 Å². The lowest BCUT2D eigenvalue weighted by molar-refractivity contribution is 0.131. The van der Waals surface area contributed by atoms with Gasteiger partial charge in [0.05, 0.1) is 12.3 Å². The van der Waals surface area contributed by atoms with Crippen LogP contribution in [0.1, 0.15) is 31.2 Å². The third-order valence-electron chi connectivity index (χ3n) is 5.96. The van der Waals surface area contributed by atoms with E-state index in [-0.39, 0.29) is 6.03 Å². The Hall–Kier alpha value is -2.53. The molecule has 2 amide bonds. The molecule has 2 fully saturated rings. The molecule has 0 aliphatic carbocycles. The van der Waals surface area contributed by atoms with Gasteiger partial charge >= 0.3 is 6.03 Å². The van der Waals surface area contributed by atoms with Gasteiger partial charge in [-0.15, -0.1) is 0 Å². The zero-order valence-corrected chi connectivity index (χ0v) is 17.1. The maximum Gasteiger partial charge on any atom is 0.322 e. The van der Waals surface area contributed by atoms with E-state index in [1.807, 2.05) is 47.4 Å². The predicted molar refractivity (Wildman–Crippen MR) is 117 cm³/mol. The largest absolute Gasteiger partial charge is 0.491 e. The molecule has 2 aliphatic rings. The first kappa shape index (κ1) is 19.8. The third kappa shape index (κ3) is 5.30. The van der Waals surface area contributed by atoms with Crippen molar-refractivity contribution in [1.82, 2.24) is 9.80 Å². The van der Waals surface area contributed by atoms with E-state index in [4.69, 9.17) is 4.74 Å². The summed E-state index contributed by atoms with van der Waals surface area (Å²) in [5.41, 5.74) is 1.99. The fourth-order valence-corrected chi connectivity index (χ4v) is 4.36. The number of benzene rings is 2. The van der Waals surface area contributed by atoms with Crippen molar-refractivity contribution in [3.8, 4) is 5.75 Å². The number of likely N-dealkylation sites (tertiary alicyclic amines) is 2. The summed E-state index contributed by atoms with van der Waals surface area (Å²) in [4.78, 5) is 17.4. The number of rotatable bonds is 6. The van der Waals surface area contributed by atoms with Crippen molar-refractivity contribution >= 4 is 11.7 Å². The van der Waals surface area contributed by atoms with E-state index in [1.54, 1.807) is 0 Å². The summed E-state index contributed by atoms with van der Waals surface area (Å²) in [6.07, 6.45) is 5.69. The van der Waals surface area contributed by atoms with E-state index < -0.39 is 0 Å². The molecule has 0 unspecified atom stereocenters. The molecule has 2 saturated heterocycles. The summed E-state index contributed by atoms with van der Waals surface area (Å²) in [6.45, 7) is 4.59. The minimum absolute atomic E-state index is 0.0204. The zero-order chi connectivity index (χ0) is 19.9. The molecule has 2 aromatic rings. The van der Waals surface area contributed by atoms with Crippen LogP contribution in [0.2, 0.25) is 0 Å². The van der Waals surface area contributed by atoms with Crippen LogP contribution in [0, 0.1) is 0 Å². The molecule has 0 bridgehead atoms. The second-order valence-electron chi connectivity index (χ2n) is 8.00. The Bertz CT molecular complexity index is 790. The summed E-state index contributed by atoms with van der Waals surface area (Å²) in [6, 6.07) is 18.5.